The van der Waals surface area contributed by atoms with Gasteiger partial charge < -0.3 is 14.9 Å². The molecular weight excluding hydrogens is 258 g/mol. The number of carbonyl (C=O) groups is 1. The van der Waals surface area contributed by atoms with Gasteiger partial charge in [-0.15, -0.1) is 0 Å². The van der Waals surface area contributed by atoms with Crippen LogP contribution in [0.4, 0.5) is 0 Å². The maximum absolute atomic E-state index is 10.5. The van der Waals surface area contributed by atoms with Gasteiger partial charge in [0, 0.05) is 12.3 Å². The van der Waals surface area contributed by atoms with Gasteiger partial charge >= 0.3 is 5.97 Å². The van der Waals surface area contributed by atoms with E-state index in [0.717, 1.165) is 11.6 Å². The lowest BCUT2D eigenvalue weighted by molar-refractivity contribution is -0.131. The van der Waals surface area contributed by atoms with Crippen LogP contribution in [0, 0.1) is 0 Å². The van der Waals surface area contributed by atoms with Crippen molar-refractivity contribution in [3.05, 3.63) is 59.9 Å². The molecule has 1 aromatic carbocycles. The Morgan fingerprint density at radius 2 is 1.95 bits per heavy atom. The highest BCUT2D eigenvalue weighted by atomic mass is 16.5. The molecule has 0 saturated carbocycles. The Morgan fingerprint density at radius 1 is 1.20 bits per heavy atom. The largest absolute Gasteiger partial charge is 0.478 e. The molecule has 0 bridgehead atoms. The van der Waals surface area contributed by atoms with E-state index in [-0.39, 0.29) is 6.61 Å². The molecule has 0 fully saturated rings. The van der Waals surface area contributed by atoms with Crippen molar-refractivity contribution in [1.29, 1.82) is 0 Å². The topological polar surface area (TPSA) is 79.7 Å². The summed E-state index contributed by atoms with van der Waals surface area (Å²) in [5.41, 5.74) is 1.44. The van der Waals surface area contributed by atoms with Gasteiger partial charge in [0.1, 0.15) is 11.5 Å². The molecule has 2 N–H and O–H groups in total. The second-order valence-electron chi connectivity index (χ2n) is 4.03. The second kappa shape index (κ2) is 6.49. The Labute approximate surface area is 115 Å². The number of aliphatic hydroxyl groups is 1. The Hall–Kier alpha value is -2.66. The van der Waals surface area contributed by atoms with E-state index in [2.05, 4.69) is 4.98 Å². The van der Waals surface area contributed by atoms with Crippen LogP contribution in [0.5, 0.6) is 11.5 Å². The minimum Gasteiger partial charge on any atom is -0.478 e. The van der Waals surface area contributed by atoms with E-state index in [0.29, 0.717) is 17.1 Å². The molecule has 1 heterocycles. The van der Waals surface area contributed by atoms with E-state index in [1.807, 2.05) is 0 Å². The van der Waals surface area contributed by atoms with Crippen molar-refractivity contribution in [3.63, 3.8) is 0 Å². The summed E-state index contributed by atoms with van der Waals surface area (Å²) in [7, 11) is 0. The van der Waals surface area contributed by atoms with E-state index in [9.17, 15) is 4.79 Å². The molecular formula is C15H13NO4. The molecule has 0 aliphatic heterocycles. The summed E-state index contributed by atoms with van der Waals surface area (Å²) >= 11 is 0. The molecule has 0 spiro atoms. The molecule has 0 amide bonds. The minimum absolute atomic E-state index is 0.0166. The summed E-state index contributed by atoms with van der Waals surface area (Å²) < 4.78 is 5.60. The molecule has 20 heavy (non-hydrogen) atoms. The number of aliphatic carboxylic acids is 1. The third-order valence-corrected chi connectivity index (χ3v) is 2.49. The summed E-state index contributed by atoms with van der Waals surface area (Å²) in [5.74, 6) is 0.105. The highest BCUT2D eigenvalue weighted by Gasteiger charge is 1.99. The zero-order valence-electron chi connectivity index (χ0n) is 10.6. The molecule has 0 aliphatic rings. The fourth-order valence-corrected chi connectivity index (χ4v) is 1.55. The standard InChI is InChI=1S/C15H13NO4/c17-10-11-1-4-13(5-2-11)20-14-7-12(8-16-9-14)3-6-15(18)19/h1-9,17H,10H2,(H,18,19)/b6-3+. The first-order valence-corrected chi connectivity index (χ1v) is 5.91. The molecule has 5 nitrogen and oxygen atoms in total. The highest BCUT2D eigenvalue weighted by Crippen LogP contribution is 2.22. The highest BCUT2D eigenvalue weighted by molar-refractivity contribution is 5.85. The molecule has 5 heteroatoms. The van der Waals surface area contributed by atoms with Crippen molar-refractivity contribution in [1.82, 2.24) is 4.98 Å². The van der Waals surface area contributed by atoms with Crippen LogP contribution in [-0.4, -0.2) is 21.2 Å². The van der Waals surface area contributed by atoms with Gasteiger partial charge in [-0.25, -0.2) is 4.79 Å². The summed E-state index contributed by atoms with van der Waals surface area (Å²) in [6.07, 6.45) is 5.56. The smallest absolute Gasteiger partial charge is 0.328 e. The van der Waals surface area contributed by atoms with Crippen LogP contribution < -0.4 is 4.74 Å². The van der Waals surface area contributed by atoms with E-state index < -0.39 is 5.97 Å². The first kappa shape index (κ1) is 13.8. The van der Waals surface area contributed by atoms with Crippen LogP contribution in [0.3, 0.4) is 0 Å². The van der Waals surface area contributed by atoms with Gasteiger partial charge in [-0.2, -0.15) is 0 Å². The third kappa shape index (κ3) is 3.93. The van der Waals surface area contributed by atoms with Crippen LogP contribution in [0.25, 0.3) is 6.08 Å². The monoisotopic (exact) mass is 271 g/mol. The molecule has 2 rings (SSSR count). The molecule has 0 radical (unpaired) electrons. The van der Waals surface area contributed by atoms with E-state index in [4.69, 9.17) is 14.9 Å². The van der Waals surface area contributed by atoms with Crippen molar-refractivity contribution in [2.45, 2.75) is 6.61 Å². The Kier molecular flexibility index (Phi) is 4.47. The first-order chi connectivity index (χ1) is 9.67. The van der Waals surface area contributed by atoms with Crippen molar-refractivity contribution in [3.8, 4) is 11.5 Å². The summed E-state index contributed by atoms with van der Waals surface area (Å²) in [5, 5.41) is 17.5. The predicted octanol–water partition coefficient (Wildman–Crippen LogP) is 2.46. The van der Waals surface area contributed by atoms with Crippen LogP contribution in [-0.2, 0) is 11.4 Å². The number of aromatic nitrogens is 1. The van der Waals surface area contributed by atoms with Crippen molar-refractivity contribution in [2.75, 3.05) is 0 Å². The van der Waals surface area contributed by atoms with Gasteiger partial charge in [0.25, 0.3) is 0 Å². The van der Waals surface area contributed by atoms with Crippen LogP contribution >= 0.6 is 0 Å². The quantitative estimate of drug-likeness (QED) is 0.816. The van der Waals surface area contributed by atoms with E-state index in [1.54, 1.807) is 36.5 Å². The number of benzene rings is 1. The molecule has 0 atom stereocenters. The number of rotatable bonds is 5. The Morgan fingerprint density at radius 3 is 2.60 bits per heavy atom. The summed E-state index contributed by atoms with van der Waals surface area (Å²) in [6.45, 7) is -0.0166. The zero-order chi connectivity index (χ0) is 14.4. The van der Waals surface area contributed by atoms with Gasteiger partial charge in [-0.3, -0.25) is 4.98 Å². The second-order valence-corrected chi connectivity index (χ2v) is 4.03. The van der Waals surface area contributed by atoms with Gasteiger partial charge in [0.05, 0.1) is 12.8 Å². The number of hydrogen-bond acceptors (Lipinski definition) is 4. The average Bonchev–Trinajstić information content (AvgIpc) is 2.46. The normalized spacial score (nSPS) is 10.7. The van der Waals surface area contributed by atoms with E-state index >= 15 is 0 Å². The van der Waals surface area contributed by atoms with Crippen molar-refractivity contribution in [2.24, 2.45) is 0 Å². The molecule has 1 aromatic heterocycles. The minimum atomic E-state index is -1.02. The summed E-state index contributed by atoms with van der Waals surface area (Å²) in [6, 6.07) is 8.69. The maximum atomic E-state index is 10.5. The number of aliphatic hydroxyl groups excluding tert-OH is 1. The predicted molar refractivity (Wildman–Crippen MR) is 73.3 cm³/mol. The number of hydrogen-bond donors (Lipinski definition) is 2. The number of carboxylic acid groups (broad SMARTS) is 1. The number of carboxylic acids is 1. The van der Waals surface area contributed by atoms with Crippen molar-refractivity contribution < 1.29 is 19.7 Å². The molecule has 102 valence electrons. The number of nitrogens with zero attached hydrogens (tertiary/aromatic N) is 1. The van der Waals surface area contributed by atoms with Gasteiger partial charge in [0.15, 0.2) is 0 Å². The van der Waals surface area contributed by atoms with Gasteiger partial charge in [0.2, 0.25) is 0 Å². The first-order valence-electron chi connectivity index (χ1n) is 5.91. The molecule has 0 saturated heterocycles. The van der Waals surface area contributed by atoms with Gasteiger partial charge in [-0.05, 0) is 35.4 Å². The Balaban J connectivity index is 2.12. The van der Waals surface area contributed by atoms with Crippen LogP contribution in [0.2, 0.25) is 0 Å². The lowest BCUT2D eigenvalue weighted by atomic mass is 10.2. The van der Waals surface area contributed by atoms with E-state index in [1.165, 1.54) is 12.3 Å². The SMILES string of the molecule is O=C(O)/C=C/c1cncc(Oc2ccc(CO)cc2)c1. The fraction of sp³-hybridized carbons (Fsp3) is 0.0667. The maximum Gasteiger partial charge on any atom is 0.328 e. The third-order valence-electron chi connectivity index (χ3n) is 2.49. The summed E-state index contributed by atoms with van der Waals surface area (Å²) in [4.78, 5) is 14.4. The number of pyridine rings is 1. The lowest BCUT2D eigenvalue weighted by Crippen LogP contribution is -1.89. The zero-order valence-corrected chi connectivity index (χ0v) is 10.6. The van der Waals surface area contributed by atoms with Gasteiger partial charge in [-0.1, -0.05) is 12.1 Å². The van der Waals surface area contributed by atoms with Crippen LogP contribution in [0.15, 0.2) is 48.8 Å². The molecule has 2 aromatic rings. The van der Waals surface area contributed by atoms with Crippen LogP contribution in [0.1, 0.15) is 11.1 Å². The van der Waals surface area contributed by atoms with Crippen molar-refractivity contribution >= 4 is 12.0 Å². The Bertz CT molecular complexity index is 620. The molecule has 0 aliphatic carbocycles. The average molecular weight is 271 g/mol. The molecule has 0 unspecified atom stereocenters. The lowest BCUT2D eigenvalue weighted by Gasteiger charge is -2.06. The fourth-order valence-electron chi connectivity index (χ4n) is 1.55. The number of ether oxygens (including phenoxy) is 1.